The number of hydrogen-bond acceptors (Lipinski definition) is 5. The molecule has 0 spiro atoms. The van der Waals surface area contributed by atoms with Crippen LogP contribution in [0.2, 0.25) is 0 Å². The molecule has 3 amide bonds. The highest BCUT2D eigenvalue weighted by atomic mass is 32.1. The number of hydrazine groups is 1. The number of anilines is 1. The fourth-order valence-electron chi connectivity index (χ4n) is 3.06. The van der Waals surface area contributed by atoms with E-state index in [1.807, 2.05) is 0 Å². The van der Waals surface area contributed by atoms with Gasteiger partial charge in [0.15, 0.2) is 5.11 Å². The summed E-state index contributed by atoms with van der Waals surface area (Å²) in [6, 6.07) is 3.06. The molecule has 144 valence electrons. The third-order valence-electron chi connectivity index (χ3n) is 4.42. The van der Waals surface area contributed by atoms with Gasteiger partial charge in [0.05, 0.1) is 12.0 Å². The number of benzene rings is 1. The van der Waals surface area contributed by atoms with E-state index in [0.717, 1.165) is 23.2 Å². The fraction of sp³-hybridized carbons (Fsp3) is 0.375. The summed E-state index contributed by atoms with van der Waals surface area (Å²) in [5.74, 6) is -1.69. The lowest BCUT2D eigenvalue weighted by Gasteiger charge is -2.45. The molecule has 27 heavy (non-hydrogen) atoms. The molecule has 2 fully saturated rings. The Bertz CT molecular complexity index is 856. The van der Waals surface area contributed by atoms with E-state index in [0.29, 0.717) is 0 Å². The lowest BCUT2D eigenvalue weighted by molar-refractivity contribution is -0.154. The Balaban J connectivity index is 1.88. The summed E-state index contributed by atoms with van der Waals surface area (Å²) in [5.41, 5.74) is -2.24. The molecule has 2 N–H and O–H groups in total. The van der Waals surface area contributed by atoms with Gasteiger partial charge in [-0.3, -0.25) is 19.7 Å². The summed E-state index contributed by atoms with van der Waals surface area (Å²) in [6.07, 6.45) is -4.82. The second-order valence-electron chi connectivity index (χ2n) is 6.66. The van der Waals surface area contributed by atoms with Gasteiger partial charge in [0.25, 0.3) is 0 Å². The van der Waals surface area contributed by atoms with E-state index in [1.54, 1.807) is 0 Å². The highest BCUT2D eigenvalue weighted by Crippen LogP contribution is 2.34. The van der Waals surface area contributed by atoms with Crippen LogP contribution in [0.15, 0.2) is 24.3 Å². The normalized spacial score (nSPS) is 22.5. The number of rotatable bonds is 2. The smallest absolute Gasteiger partial charge is 0.325 e. The monoisotopic (exact) mass is 400 g/mol. The van der Waals surface area contributed by atoms with Gasteiger partial charge in [0, 0.05) is 5.69 Å². The van der Waals surface area contributed by atoms with Gasteiger partial charge < -0.3 is 5.32 Å². The molecule has 0 aromatic heterocycles. The van der Waals surface area contributed by atoms with Crippen molar-refractivity contribution in [2.45, 2.75) is 38.0 Å². The molecule has 11 heteroatoms. The summed E-state index contributed by atoms with van der Waals surface area (Å²) in [5, 5.41) is 6.96. The van der Waals surface area contributed by atoms with Crippen LogP contribution in [0.5, 0.6) is 0 Å². The molecule has 0 saturated carbocycles. The van der Waals surface area contributed by atoms with Crippen molar-refractivity contribution in [1.29, 1.82) is 0 Å². The molecule has 0 unspecified atom stereocenters. The molecule has 0 radical (unpaired) electrons. The number of halogens is 3. The van der Waals surface area contributed by atoms with Gasteiger partial charge >= 0.3 is 6.18 Å². The van der Waals surface area contributed by atoms with E-state index < -0.39 is 41.0 Å². The quantitative estimate of drug-likeness (QED) is 0.738. The van der Waals surface area contributed by atoms with Crippen molar-refractivity contribution in [3.63, 3.8) is 0 Å². The molecule has 2 saturated heterocycles. The zero-order chi connectivity index (χ0) is 20.1. The molecule has 3 rings (SSSR count). The first kappa shape index (κ1) is 19.2. The Morgan fingerprint density at radius 1 is 1.33 bits per heavy atom. The number of hydrogen-bond donors (Lipinski definition) is 2. The maximum absolute atomic E-state index is 12.8. The molecule has 1 aromatic carbocycles. The van der Waals surface area contributed by atoms with Crippen LogP contribution in [0.1, 0.15) is 25.8 Å². The zero-order valence-electron chi connectivity index (χ0n) is 14.3. The fourth-order valence-corrected chi connectivity index (χ4v) is 3.34. The molecule has 2 aliphatic rings. The minimum Gasteiger partial charge on any atom is -0.325 e. The van der Waals surface area contributed by atoms with Crippen molar-refractivity contribution in [3.8, 4) is 0 Å². The van der Waals surface area contributed by atoms with Crippen LogP contribution in [0.25, 0.3) is 0 Å². The van der Waals surface area contributed by atoms with Gasteiger partial charge in [-0.05, 0) is 44.3 Å². The molecular formula is C16H15F3N4O3S. The number of carbonyl (C=O) groups is 3. The van der Waals surface area contributed by atoms with Gasteiger partial charge in [-0.2, -0.15) is 18.2 Å². The van der Waals surface area contributed by atoms with Gasteiger partial charge in [-0.1, -0.05) is 6.07 Å². The minimum absolute atomic E-state index is 0.0671. The summed E-state index contributed by atoms with van der Waals surface area (Å²) in [4.78, 5) is 37.2. The average Bonchev–Trinajstić information content (AvgIpc) is 2.92. The van der Waals surface area contributed by atoms with Crippen LogP contribution >= 0.6 is 12.2 Å². The Labute approximate surface area is 157 Å². The van der Waals surface area contributed by atoms with Crippen LogP contribution in [0.3, 0.4) is 0 Å². The summed E-state index contributed by atoms with van der Waals surface area (Å²) in [7, 11) is 0. The number of alkyl halides is 3. The predicted molar refractivity (Wildman–Crippen MR) is 92.0 cm³/mol. The molecular weight excluding hydrogens is 385 g/mol. The third kappa shape index (κ3) is 3.28. The highest BCUT2D eigenvalue weighted by molar-refractivity contribution is 7.80. The molecule has 0 aliphatic carbocycles. The van der Waals surface area contributed by atoms with E-state index >= 15 is 0 Å². The SMILES string of the molecule is CC1(C)C(=O)NC(=S)N2C(=O)C[C@H](C(=O)Nc3cccc(C(F)(F)F)c3)N21. The number of thiocarbonyl (C=S) groups is 1. The van der Waals surface area contributed by atoms with Crippen molar-refractivity contribution in [3.05, 3.63) is 29.8 Å². The van der Waals surface area contributed by atoms with Crippen molar-refractivity contribution in [1.82, 2.24) is 15.3 Å². The number of nitrogens with zero attached hydrogens (tertiary/aromatic N) is 2. The molecule has 0 bridgehead atoms. The first-order chi connectivity index (χ1) is 12.4. The van der Waals surface area contributed by atoms with Crippen molar-refractivity contribution >= 4 is 40.7 Å². The zero-order valence-corrected chi connectivity index (χ0v) is 15.1. The summed E-state index contributed by atoms with van der Waals surface area (Å²) < 4.78 is 38.5. The van der Waals surface area contributed by atoms with Crippen molar-refractivity contribution in [2.24, 2.45) is 0 Å². The maximum atomic E-state index is 12.8. The van der Waals surface area contributed by atoms with Crippen LogP contribution in [-0.2, 0) is 20.6 Å². The van der Waals surface area contributed by atoms with Crippen LogP contribution in [0.4, 0.5) is 18.9 Å². The van der Waals surface area contributed by atoms with E-state index in [4.69, 9.17) is 12.2 Å². The largest absolute Gasteiger partial charge is 0.416 e. The number of fused-ring (bicyclic) bond motifs is 1. The standard InChI is InChI=1S/C16H15F3N4O3S/c1-15(2)13(26)21-14(27)22-11(24)7-10(23(15)22)12(25)20-9-5-3-4-8(6-9)16(17,18)19/h3-6,10H,7H2,1-2H3,(H,20,25)(H,21,26,27)/t10-/m1/s1. The number of amides is 3. The topological polar surface area (TPSA) is 81.8 Å². The van der Waals surface area contributed by atoms with E-state index in [2.05, 4.69) is 10.6 Å². The Kier molecular flexibility index (Phi) is 4.47. The molecule has 1 atom stereocenters. The first-order valence-corrected chi connectivity index (χ1v) is 8.29. The molecule has 7 nitrogen and oxygen atoms in total. The molecule has 2 heterocycles. The first-order valence-electron chi connectivity index (χ1n) is 7.88. The molecule has 1 aromatic rings. The van der Waals surface area contributed by atoms with Crippen LogP contribution < -0.4 is 10.6 Å². The number of nitrogens with one attached hydrogen (secondary N) is 2. The van der Waals surface area contributed by atoms with Crippen molar-refractivity contribution < 1.29 is 27.6 Å². The second-order valence-corrected chi connectivity index (χ2v) is 7.04. The average molecular weight is 400 g/mol. The van der Waals surface area contributed by atoms with E-state index in [9.17, 15) is 27.6 Å². The van der Waals surface area contributed by atoms with Crippen LogP contribution in [0, 0.1) is 0 Å². The third-order valence-corrected chi connectivity index (χ3v) is 4.69. The second kappa shape index (κ2) is 6.27. The maximum Gasteiger partial charge on any atom is 0.416 e. The predicted octanol–water partition coefficient (Wildman–Crippen LogP) is 1.66. The lowest BCUT2D eigenvalue weighted by Crippen LogP contribution is -2.71. The highest BCUT2D eigenvalue weighted by Gasteiger charge is 2.56. The van der Waals surface area contributed by atoms with Crippen molar-refractivity contribution in [2.75, 3.05) is 5.32 Å². The van der Waals surface area contributed by atoms with Gasteiger partial charge in [-0.25, -0.2) is 5.01 Å². The Morgan fingerprint density at radius 3 is 2.63 bits per heavy atom. The Hall–Kier alpha value is -2.53. The minimum atomic E-state index is -4.56. The summed E-state index contributed by atoms with van der Waals surface area (Å²) >= 11 is 5.00. The number of carbonyl (C=O) groups excluding carboxylic acids is 3. The van der Waals surface area contributed by atoms with Crippen LogP contribution in [-0.4, -0.2) is 44.4 Å². The van der Waals surface area contributed by atoms with E-state index in [-0.39, 0.29) is 17.2 Å². The van der Waals surface area contributed by atoms with E-state index in [1.165, 1.54) is 24.9 Å². The van der Waals surface area contributed by atoms with Gasteiger partial charge in [0.2, 0.25) is 17.7 Å². The Morgan fingerprint density at radius 2 is 2.00 bits per heavy atom. The summed E-state index contributed by atoms with van der Waals surface area (Å²) in [6.45, 7) is 3.03. The van der Waals surface area contributed by atoms with Gasteiger partial charge in [-0.15, -0.1) is 0 Å². The van der Waals surface area contributed by atoms with Gasteiger partial charge in [0.1, 0.15) is 11.6 Å². The molecule has 2 aliphatic heterocycles. The lowest BCUT2D eigenvalue weighted by atomic mass is 10.00.